The molecule has 2 aromatic rings. The third-order valence-electron chi connectivity index (χ3n) is 2.39. The Labute approximate surface area is 102 Å². The number of carbonyl (C=O) groups is 1. The first-order valence-corrected chi connectivity index (χ1v) is 6.04. The normalized spacial score (nSPS) is 13.9. The van der Waals surface area contributed by atoms with Gasteiger partial charge in [-0.05, 0) is 24.4 Å². The van der Waals surface area contributed by atoms with Crippen LogP contribution in [0.3, 0.4) is 0 Å². The van der Waals surface area contributed by atoms with Crippen molar-refractivity contribution >= 4 is 33.7 Å². The Morgan fingerprint density at radius 2 is 2.47 bits per heavy atom. The lowest BCUT2D eigenvalue weighted by Gasteiger charge is -2.12. The molecule has 0 aromatic carbocycles. The van der Waals surface area contributed by atoms with E-state index in [0.717, 1.165) is 16.5 Å². The zero-order valence-electron chi connectivity index (χ0n) is 9.54. The van der Waals surface area contributed by atoms with Crippen molar-refractivity contribution < 1.29 is 9.90 Å². The van der Waals surface area contributed by atoms with Crippen molar-refractivity contribution in [3.8, 4) is 0 Å². The van der Waals surface area contributed by atoms with Crippen molar-refractivity contribution in [2.75, 3.05) is 7.05 Å². The third kappa shape index (κ3) is 1.96. The molecule has 90 valence electrons. The highest BCUT2D eigenvalue weighted by Crippen LogP contribution is 2.25. The summed E-state index contributed by atoms with van der Waals surface area (Å²) in [5.74, 6) is 0.409. The van der Waals surface area contributed by atoms with Crippen LogP contribution in [0.15, 0.2) is 22.6 Å². The van der Waals surface area contributed by atoms with E-state index < -0.39 is 6.10 Å². The zero-order chi connectivity index (χ0) is 12.4. The largest absolute Gasteiger partial charge is 0.385 e. The van der Waals surface area contributed by atoms with Gasteiger partial charge in [-0.3, -0.25) is 9.36 Å². The summed E-state index contributed by atoms with van der Waals surface area (Å²) in [6, 6.07) is 3.72. The van der Waals surface area contributed by atoms with Gasteiger partial charge in [-0.1, -0.05) is 0 Å². The molecule has 1 unspecified atom stereocenters. The molecule has 0 aliphatic carbocycles. The maximum atomic E-state index is 11.1. The van der Waals surface area contributed by atoms with Crippen LogP contribution in [0, 0.1) is 0 Å². The number of fused-ring (bicyclic) bond motifs is 1. The number of hydrazone groups is 1. The smallest absolute Gasteiger partial charge is 0.166 e. The summed E-state index contributed by atoms with van der Waals surface area (Å²) in [4.78, 5) is 12.0. The molecule has 0 saturated carbocycles. The molecule has 5 nitrogen and oxygen atoms in total. The predicted molar refractivity (Wildman–Crippen MR) is 68.8 cm³/mol. The summed E-state index contributed by atoms with van der Waals surface area (Å²) in [5, 5.41) is 16.7. The average Bonchev–Trinajstić information content (AvgIpc) is 2.85. The van der Waals surface area contributed by atoms with Gasteiger partial charge in [0.2, 0.25) is 0 Å². The van der Waals surface area contributed by atoms with Crippen molar-refractivity contribution in [3.05, 3.63) is 23.2 Å². The van der Waals surface area contributed by atoms with Crippen molar-refractivity contribution in [1.29, 1.82) is 0 Å². The minimum atomic E-state index is -0.765. The quantitative estimate of drug-likeness (QED) is 0.374. The Bertz CT molecular complexity index is 568. The van der Waals surface area contributed by atoms with Crippen molar-refractivity contribution in [2.45, 2.75) is 13.0 Å². The number of carbonyl (C=O) groups excluding carboxylic acids is 1. The van der Waals surface area contributed by atoms with E-state index in [9.17, 15) is 9.90 Å². The topological polar surface area (TPSA) is 66.6 Å². The lowest BCUT2D eigenvalue weighted by Crippen LogP contribution is -2.28. The molecule has 2 N–H and O–H groups in total. The van der Waals surface area contributed by atoms with Gasteiger partial charge >= 0.3 is 0 Å². The summed E-state index contributed by atoms with van der Waals surface area (Å²) in [6.45, 7) is 1.62. The standard InChI is InChI=1S/C11H13N3O2S/c1-7(16)10(13-12-2)14-9(6-15)5-8-3-4-17-11(8)14/h3-7,12,16H,1-2H3/b13-10-. The number of aromatic nitrogens is 1. The van der Waals surface area contributed by atoms with Gasteiger partial charge in [-0.15, -0.1) is 11.3 Å². The van der Waals surface area contributed by atoms with Crippen LogP contribution in [0.25, 0.3) is 10.2 Å². The number of aliphatic hydroxyl groups excluding tert-OH is 1. The number of nitrogens with zero attached hydrogens (tertiary/aromatic N) is 2. The Hall–Kier alpha value is -1.66. The van der Waals surface area contributed by atoms with Gasteiger partial charge in [0.1, 0.15) is 10.9 Å². The second-order valence-electron chi connectivity index (χ2n) is 3.57. The van der Waals surface area contributed by atoms with Gasteiger partial charge in [0, 0.05) is 12.4 Å². The van der Waals surface area contributed by atoms with Crippen LogP contribution in [0.5, 0.6) is 0 Å². The fourth-order valence-electron chi connectivity index (χ4n) is 1.71. The van der Waals surface area contributed by atoms with Gasteiger partial charge in [-0.2, -0.15) is 5.10 Å². The van der Waals surface area contributed by atoms with Gasteiger partial charge in [0.15, 0.2) is 12.1 Å². The number of nitrogens with one attached hydrogen (secondary N) is 1. The number of aliphatic hydroxyl groups is 1. The summed E-state index contributed by atoms with van der Waals surface area (Å²) >= 11 is 1.51. The van der Waals surface area contributed by atoms with E-state index in [4.69, 9.17) is 0 Å². The first-order valence-electron chi connectivity index (χ1n) is 5.16. The Morgan fingerprint density at radius 1 is 1.71 bits per heavy atom. The molecule has 2 rings (SSSR count). The highest BCUT2D eigenvalue weighted by atomic mass is 32.1. The van der Waals surface area contributed by atoms with E-state index in [1.807, 2.05) is 11.4 Å². The van der Waals surface area contributed by atoms with Gasteiger partial charge in [-0.25, -0.2) is 0 Å². The molecule has 0 amide bonds. The molecule has 0 bridgehead atoms. The van der Waals surface area contributed by atoms with Crippen LogP contribution >= 0.6 is 11.3 Å². The van der Waals surface area contributed by atoms with Gasteiger partial charge in [0.25, 0.3) is 0 Å². The fraction of sp³-hybridized carbons (Fsp3) is 0.273. The second kappa shape index (κ2) is 4.68. The van der Waals surface area contributed by atoms with Gasteiger partial charge < -0.3 is 10.5 Å². The first kappa shape index (κ1) is 11.8. The molecular weight excluding hydrogens is 238 g/mol. The molecule has 6 heteroatoms. The van der Waals surface area contributed by atoms with Crippen molar-refractivity contribution in [2.24, 2.45) is 5.10 Å². The number of rotatable bonds is 3. The summed E-state index contributed by atoms with van der Waals surface area (Å²) in [5.41, 5.74) is 3.13. The average molecular weight is 251 g/mol. The summed E-state index contributed by atoms with van der Waals surface area (Å²) < 4.78 is 1.67. The molecule has 0 fully saturated rings. The zero-order valence-corrected chi connectivity index (χ0v) is 10.4. The molecule has 0 radical (unpaired) electrons. The molecule has 0 spiro atoms. The molecule has 17 heavy (non-hydrogen) atoms. The minimum Gasteiger partial charge on any atom is -0.385 e. The first-order chi connectivity index (χ1) is 8.19. The van der Waals surface area contributed by atoms with Crippen LogP contribution in [0.2, 0.25) is 0 Å². The van der Waals surface area contributed by atoms with E-state index in [0.29, 0.717) is 11.5 Å². The summed E-state index contributed by atoms with van der Waals surface area (Å²) in [6.07, 6.45) is -0.000787. The number of hydrogen-bond donors (Lipinski definition) is 2. The molecule has 0 aliphatic heterocycles. The Balaban J connectivity index is 2.69. The number of hydrogen-bond acceptors (Lipinski definition) is 5. The Morgan fingerprint density at radius 3 is 3.06 bits per heavy atom. The lowest BCUT2D eigenvalue weighted by molar-refractivity contribution is 0.111. The molecule has 0 aliphatic rings. The van der Waals surface area contributed by atoms with Crippen LogP contribution in [-0.4, -0.2) is 34.9 Å². The maximum Gasteiger partial charge on any atom is 0.166 e. The number of aldehydes is 1. The van der Waals surface area contributed by atoms with Crippen LogP contribution in [0.1, 0.15) is 17.4 Å². The predicted octanol–water partition coefficient (Wildman–Crippen LogP) is 1.28. The SMILES string of the molecule is CN/N=C(/C(C)O)n1c(C=O)cc2ccsc21. The fourth-order valence-corrected chi connectivity index (χ4v) is 2.62. The van der Waals surface area contributed by atoms with E-state index >= 15 is 0 Å². The van der Waals surface area contributed by atoms with Crippen LogP contribution < -0.4 is 5.43 Å². The summed E-state index contributed by atoms with van der Waals surface area (Å²) in [7, 11) is 1.65. The van der Waals surface area contributed by atoms with Crippen molar-refractivity contribution in [1.82, 2.24) is 9.99 Å². The molecule has 1 atom stereocenters. The highest BCUT2D eigenvalue weighted by molar-refractivity contribution is 7.17. The minimum absolute atomic E-state index is 0.409. The number of thiophene rings is 1. The van der Waals surface area contributed by atoms with E-state index in [-0.39, 0.29) is 0 Å². The monoisotopic (exact) mass is 251 g/mol. The van der Waals surface area contributed by atoms with Gasteiger partial charge in [0.05, 0.1) is 5.69 Å². The Kier molecular flexibility index (Phi) is 3.26. The van der Waals surface area contributed by atoms with Crippen LogP contribution in [0.4, 0.5) is 0 Å². The molecule has 2 heterocycles. The maximum absolute atomic E-state index is 11.1. The van der Waals surface area contributed by atoms with Crippen LogP contribution in [-0.2, 0) is 0 Å². The molecule has 0 saturated heterocycles. The second-order valence-corrected chi connectivity index (χ2v) is 4.47. The third-order valence-corrected chi connectivity index (χ3v) is 3.30. The van der Waals surface area contributed by atoms with E-state index in [1.165, 1.54) is 11.3 Å². The molecular formula is C11H13N3O2S. The van der Waals surface area contributed by atoms with E-state index in [2.05, 4.69) is 10.5 Å². The van der Waals surface area contributed by atoms with Crippen molar-refractivity contribution in [3.63, 3.8) is 0 Å². The highest BCUT2D eigenvalue weighted by Gasteiger charge is 2.17. The molecule has 2 aromatic heterocycles. The van der Waals surface area contributed by atoms with E-state index in [1.54, 1.807) is 24.6 Å². The lowest BCUT2D eigenvalue weighted by atomic mass is 10.3.